The molecule has 2 unspecified atom stereocenters. The van der Waals surface area contributed by atoms with Crippen LogP contribution in [0, 0.1) is 0 Å². The van der Waals surface area contributed by atoms with Gasteiger partial charge in [-0.15, -0.1) is 0 Å². The van der Waals surface area contributed by atoms with Crippen molar-refractivity contribution < 1.29 is 4.74 Å². The Bertz CT molecular complexity index is 303. The van der Waals surface area contributed by atoms with Gasteiger partial charge in [0.1, 0.15) is 0 Å². The summed E-state index contributed by atoms with van der Waals surface area (Å²) in [5, 5.41) is 3.41. The van der Waals surface area contributed by atoms with Crippen molar-refractivity contribution in [2.24, 2.45) is 0 Å². The third kappa shape index (κ3) is 3.72. The minimum atomic E-state index is 0.302. The van der Waals surface area contributed by atoms with E-state index in [1.54, 1.807) is 7.11 Å². The number of aromatic nitrogens is 2. The number of hydrogen-bond donors (Lipinski definition) is 1. The molecule has 0 aliphatic heterocycles. The van der Waals surface area contributed by atoms with Gasteiger partial charge < -0.3 is 14.6 Å². The fourth-order valence-corrected chi connectivity index (χ4v) is 2.20. The third-order valence-corrected chi connectivity index (χ3v) is 3.18. The number of hydrogen-bond acceptors (Lipinski definition) is 4. The largest absolute Gasteiger partial charge is 0.383 e. The highest BCUT2D eigenvalue weighted by molar-refractivity contribution is 7.98. The van der Waals surface area contributed by atoms with Gasteiger partial charge in [-0.25, -0.2) is 4.98 Å². The van der Waals surface area contributed by atoms with Crippen LogP contribution in [-0.2, 0) is 4.74 Å². The molecular formula is C11H21N3OS. The molecule has 0 fully saturated rings. The summed E-state index contributed by atoms with van der Waals surface area (Å²) in [4.78, 5) is 4.33. The lowest BCUT2D eigenvalue weighted by Crippen LogP contribution is -2.22. The molecule has 1 rings (SSSR count). The van der Waals surface area contributed by atoms with Gasteiger partial charge in [-0.3, -0.25) is 0 Å². The second-order valence-electron chi connectivity index (χ2n) is 3.96. The van der Waals surface area contributed by atoms with Crippen LogP contribution in [0.1, 0.15) is 19.9 Å². The number of nitrogens with one attached hydrogen (secondary N) is 1. The topological polar surface area (TPSA) is 39.1 Å². The highest BCUT2D eigenvalue weighted by atomic mass is 32.2. The maximum absolute atomic E-state index is 5.15. The van der Waals surface area contributed by atoms with Crippen LogP contribution in [0.25, 0.3) is 0 Å². The van der Waals surface area contributed by atoms with E-state index in [-0.39, 0.29) is 0 Å². The van der Waals surface area contributed by atoms with Gasteiger partial charge >= 0.3 is 0 Å². The van der Waals surface area contributed by atoms with Gasteiger partial charge in [0.05, 0.1) is 12.6 Å². The zero-order valence-electron chi connectivity index (χ0n) is 10.4. The number of rotatable bonds is 7. The van der Waals surface area contributed by atoms with Gasteiger partial charge in [-0.1, -0.05) is 0 Å². The van der Waals surface area contributed by atoms with Gasteiger partial charge in [0.2, 0.25) is 5.95 Å². The Balaban J connectivity index is 2.62. The normalized spacial score (nSPS) is 14.8. The summed E-state index contributed by atoms with van der Waals surface area (Å²) >= 11 is 1.83. The second-order valence-corrected chi connectivity index (χ2v) is 4.87. The number of nitrogens with zero attached hydrogens (tertiary/aromatic N) is 2. The molecule has 92 valence electrons. The molecule has 1 N–H and O–H groups in total. The number of ether oxygens (including phenoxy) is 1. The fourth-order valence-electron chi connectivity index (χ4n) is 1.61. The number of anilines is 1. The summed E-state index contributed by atoms with van der Waals surface area (Å²) < 4.78 is 7.27. The van der Waals surface area contributed by atoms with E-state index in [2.05, 4.69) is 35.0 Å². The van der Waals surface area contributed by atoms with Gasteiger partial charge in [0.15, 0.2) is 0 Å². The van der Waals surface area contributed by atoms with Crippen molar-refractivity contribution in [3.8, 4) is 0 Å². The number of methoxy groups -OCH3 is 1. The molecule has 0 amide bonds. The van der Waals surface area contributed by atoms with E-state index in [0.29, 0.717) is 18.7 Å². The van der Waals surface area contributed by atoms with Crippen molar-refractivity contribution in [2.75, 3.05) is 31.0 Å². The lowest BCUT2D eigenvalue weighted by atomic mass is 10.3. The Labute approximate surface area is 102 Å². The molecule has 0 spiro atoms. The monoisotopic (exact) mass is 243 g/mol. The standard InChI is InChI=1S/C11H21N3OS/c1-9(8-16-4)13-11-12-5-6-14(11)10(2)7-15-3/h5-6,9-10H,7-8H2,1-4H3,(H,12,13). The molecule has 0 aliphatic carbocycles. The molecule has 4 nitrogen and oxygen atoms in total. The van der Waals surface area contributed by atoms with Gasteiger partial charge in [0.25, 0.3) is 0 Å². The fraction of sp³-hybridized carbons (Fsp3) is 0.727. The third-order valence-electron chi connectivity index (χ3n) is 2.34. The smallest absolute Gasteiger partial charge is 0.203 e. The number of imidazole rings is 1. The van der Waals surface area contributed by atoms with Crippen LogP contribution < -0.4 is 5.32 Å². The molecule has 5 heteroatoms. The van der Waals surface area contributed by atoms with Crippen LogP contribution >= 0.6 is 11.8 Å². The summed E-state index contributed by atoms with van der Waals surface area (Å²) in [7, 11) is 1.72. The maximum atomic E-state index is 5.15. The van der Waals surface area contributed by atoms with E-state index in [9.17, 15) is 0 Å². The van der Waals surface area contributed by atoms with Gasteiger partial charge in [-0.2, -0.15) is 11.8 Å². The van der Waals surface area contributed by atoms with E-state index < -0.39 is 0 Å². The molecule has 1 aromatic rings. The first-order chi connectivity index (χ1) is 7.69. The minimum absolute atomic E-state index is 0.302. The molecule has 0 aliphatic rings. The lowest BCUT2D eigenvalue weighted by Gasteiger charge is -2.19. The zero-order chi connectivity index (χ0) is 12.0. The van der Waals surface area contributed by atoms with Crippen molar-refractivity contribution in [1.82, 2.24) is 9.55 Å². The molecule has 0 aromatic carbocycles. The van der Waals surface area contributed by atoms with Crippen molar-refractivity contribution in [3.05, 3.63) is 12.4 Å². The van der Waals surface area contributed by atoms with Gasteiger partial charge in [0, 0.05) is 31.3 Å². The second kappa shape index (κ2) is 6.81. The minimum Gasteiger partial charge on any atom is -0.383 e. The van der Waals surface area contributed by atoms with Crippen molar-refractivity contribution in [3.63, 3.8) is 0 Å². The molecule has 1 heterocycles. The maximum Gasteiger partial charge on any atom is 0.203 e. The Morgan fingerprint density at radius 2 is 2.31 bits per heavy atom. The number of thioether (sulfide) groups is 1. The Kier molecular flexibility index (Phi) is 5.69. The summed E-state index contributed by atoms with van der Waals surface area (Å²) in [5.74, 6) is 2.00. The predicted octanol–water partition coefficient (Wildman–Crippen LogP) is 2.25. The van der Waals surface area contributed by atoms with Crippen LogP contribution in [0.15, 0.2) is 12.4 Å². The molecule has 1 aromatic heterocycles. The van der Waals surface area contributed by atoms with Crippen molar-refractivity contribution in [1.29, 1.82) is 0 Å². The Morgan fingerprint density at radius 1 is 1.56 bits per heavy atom. The van der Waals surface area contributed by atoms with Crippen LogP contribution in [0.3, 0.4) is 0 Å². The molecule has 2 atom stereocenters. The van der Waals surface area contributed by atoms with Crippen LogP contribution in [0.4, 0.5) is 5.95 Å². The summed E-state index contributed by atoms with van der Waals surface area (Å²) in [5.41, 5.74) is 0. The zero-order valence-corrected chi connectivity index (χ0v) is 11.3. The van der Waals surface area contributed by atoms with Crippen LogP contribution in [0.5, 0.6) is 0 Å². The molecule has 0 saturated heterocycles. The van der Waals surface area contributed by atoms with E-state index >= 15 is 0 Å². The lowest BCUT2D eigenvalue weighted by molar-refractivity contribution is 0.163. The molecule has 0 radical (unpaired) electrons. The predicted molar refractivity (Wildman–Crippen MR) is 70.3 cm³/mol. The molecular weight excluding hydrogens is 222 g/mol. The van der Waals surface area contributed by atoms with E-state index in [0.717, 1.165) is 11.7 Å². The summed E-state index contributed by atoms with van der Waals surface area (Å²) in [6, 6.07) is 0.724. The first kappa shape index (κ1) is 13.4. The summed E-state index contributed by atoms with van der Waals surface area (Å²) in [6.45, 7) is 4.98. The van der Waals surface area contributed by atoms with Crippen LogP contribution in [0.2, 0.25) is 0 Å². The van der Waals surface area contributed by atoms with Crippen molar-refractivity contribution >= 4 is 17.7 Å². The average molecular weight is 243 g/mol. The Morgan fingerprint density at radius 3 is 2.94 bits per heavy atom. The Hall–Kier alpha value is -0.680. The summed E-state index contributed by atoms with van der Waals surface area (Å²) in [6.07, 6.45) is 5.91. The highest BCUT2D eigenvalue weighted by Crippen LogP contribution is 2.15. The quantitative estimate of drug-likeness (QED) is 0.797. The first-order valence-corrected chi connectivity index (χ1v) is 6.85. The molecule has 16 heavy (non-hydrogen) atoms. The van der Waals surface area contributed by atoms with Crippen molar-refractivity contribution in [2.45, 2.75) is 25.9 Å². The molecule has 0 saturated carbocycles. The van der Waals surface area contributed by atoms with Gasteiger partial charge in [-0.05, 0) is 20.1 Å². The first-order valence-electron chi connectivity index (χ1n) is 5.46. The average Bonchev–Trinajstić information content (AvgIpc) is 2.66. The highest BCUT2D eigenvalue weighted by Gasteiger charge is 2.11. The SMILES string of the molecule is COCC(C)n1ccnc1NC(C)CSC. The van der Waals surface area contributed by atoms with Crippen LogP contribution in [-0.4, -0.2) is 41.3 Å². The van der Waals surface area contributed by atoms with E-state index in [4.69, 9.17) is 4.74 Å². The van der Waals surface area contributed by atoms with E-state index in [1.807, 2.05) is 24.2 Å². The molecule has 0 bridgehead atoms. The van der Waals surface area contributed by atoms with E-state index in [1.165, 1.54) is 0 Å².